The Balaban J connectivity index is 3.45. The van der Waals surface area contributed by atoms with Crippen molar-refractivity contribution in [3.8, 4) is 0 Å². The van der Waals surface area contributed by atoms with Crippen molar-refractivity contribution in [2.24, 2.45) is 11.8 Å². The van der Waals surface area contributed by atoms with Crippen LogP contribution in [0.2, 0.25) is 0 Å². The predicted molar refractivity (Wildman–Crippen MR) is 53.3 cm³/mol. The van der Waals surface area contributed by atoms with Gasteiger partial charge in [0.05, 0.1) is 6.61 Å². The van der Waals surface area contributed by atoms with Crippen molar-refractivity contribution in [3.63, 3.8) is 0 Å². The van der Waals surface area contributed by atoms with Gasteiger partial charge < -0.3 is 10.1 Å². The Morgan fingerprint density at radius 1 is 1.54 bits per heavy atom. The third-order valence-corrected chi connectivity index (χ3v) is 1.62. The van der Waals surface area contributed by atoms with E-state index in [4.69, 9.17) is 4.74 Å². The van der Waals surface area contributed by atoms with Gasteiger partial charge >= 0.3 is 6.09 Å². The van der Waals surface area contributed by atoms with Gasteiger partial charge in [-0.25, -0.2) is 4.79 Å². The predicted octanol–water partition coefficient (Wildman–Crippen LogP) is 2.23. The number of nitrogens with one attached hydrogen (secondary N) is 1. The van der Waals surface area contributed by atoms with Crippen LogP contribution < -0.4 is 5.32 Å². The lowest BCUT2D eigenvalue weighted by atomic mass is 9.99. The fourth-order valence-electron chi connectivity index (χ4n) is 1.16. The lowest BCUT2D eigenvalue weighted by Crippen LogP contribution is -2.29. The molecule has 0 aromatic carbocycles. The van der Waals surface area contributed by atoms with Crippen molar-refractivity contribution in [2.75, 3.05) is 13.2 Å². The number of hydrogen-bond donors (Lipinski definition) is 1. The highest BCUT2D eigenvalue weighted by Crippen LogP contribution is 2.08. The Kier molecular flexibility index (Phi) is 6.37. The zero-order valence-electron chi connectivity index (χ0n) is 8.80. The molecule has 0 aromatic rings. The average molecular weight is 186 g/mol. The number of carbonyl (C=O) groups is 1. The lowest BCUT2D eigenvalue weighted by molar-refractivity contribution is 0.150. The van der Waals surface area contributed by atoms with Gasteiger partial charge in [-0.05, 0) is 32.1 Å². The first-order valence-corrected chi connectivity index (χ1v) is 4.80. The van der Waals surface area contributed by atoms with Crippen molar-refractivity contribution >= 4 is 6.09 Å². The molecule has 1 amide bonds. The van der Waals surface area contributed by atoms with Gasteiger partial charge in [0.25, 0.3) is 0 Å². The zero-order valence-corrected chi connectivity index (χ0v) is 8.80. The molecule has 1 N–H and O–H groups in total. The number of hydrogen-bond acceptors (Lipinski definition) is 2. The van der Waals surface area contributed by atoms with Crippen molar-refractivity contribution < 1.29 is 9.53 Å². The first-order valence-electron chi connectivity index (χ1n) is 4.80. The molecule has 1 atom stereocenters. The van der Waals surface area contributed by atoms with Crippen LogP contribution in [0.3, 0.4) is 0 Å². The summed E-state index contributed by atoms with van der Waals surface area (Å²) in [5.41, 5.74) is 0. The first-order chi connectivity index (χ1) is 6.06. The molecule has 0 aliphatic rings. The van der Waals surface area contributed by atoms with E-state index in [0.717, 1.165) is 6.42 Å². The lowest BCUT2D eigenvalue weighted by Gasteiger charge is -2.14. The molecule has 0 saturated heterocycles. The van der Waals surface area contributed by atoms with Crippen LogP contribution in [-0.2, 0) is 4.74 Å². The maximum Gasteiger partial charge on any atom is 0.407 e. The van der Waals surface area contributed by atoms with Gasteiger partial charge in [-0.15, -0.1) is 0 Å². The molecule has 77 valence electrons. The summed E-state index contributed by atoms with van der Waals surface area (Å²) in [6.07, 6.45) is 0.673. The number of carbonyl (C=O) groups excluding carboxylic acids is 1. The molecule has 0 saturated carbocycles. The summed E-state index contributed by atoms with van der Waals surface area (Å²) < 4.78 is 4.72. The van der Waals surface area contributed by atoms with E-state index >= 15 is 0 Å². The van der Waals surface area contributed by atoms with Gasteiger partial charge in [0.1, 0.15) is 0 Å². The second kappa shape index (κ2) is 6.75. The van der Waals surface area contributed by atoms with E-state index in [2.05, 4.69) is 26.1 Å². The monoisotopic (exact) mass is 186 g/mol. The molecule has 0 bridgehead atoms. The number of alkyl carbamates (subject to hydrolysis) is 1. The molecule has 0 aliphatic heterocycles. The Labute approximate surface area is 80.8 Å². The second-order valence-corrected chi connectivity index (χ2v) is 3.60. The summed E-state index contributed by atoms with van der Waals surface area (Å²) in [7, 11) is 0. The number of amides is 1. The zero-order chi connectivity index (χ0) is 10.3. The summed E-state index contributed by atoms with van der Waals surface area (Å²) in [6.45, 7) is 11.0. The molecule has 0 aromatic heterocycles. The smallest absolute Gasteiger partial charge is 0.407 e. The van der Waals surface area contributed by atoms with Gasteiger partial charge in [0.2, 0.25) is 0 Å². The van der Waals surface area contributed by atoms with E-state index in [0.29, 0.717) is 19.1 Å². The second-order valence-electron chi connectivity index (χ2n) is 3.60. The molecule has 13 heavy (non-hydrogen) atoms. The van der Waals surface area contributed by atoms with E-state index in [9.17, 15) is 4.79 Å². The van der Waals surface area contributed by atoms with Crippen LogP contribution in [0, 0.1) is 18.8 Å². The molecular formula is C10H20NO2. The molecule has 0 fully saturated rings. The fraction of sp³-hybridized carbons (Fsp3) is 0.800. The van der Waals surface area contributed by atoms with Crippen LogP contribution in [0.1, 0.15) is 27.2 Å². The summed E-state index contributed by atoms with van der Waals surface area (Å²) in [5.74, 6) is 0.885. The summed E-state index contributed by atoms with van der Waals surface area (Å²) >= 11 is 0. The van der Waals surface area contributed by atoms with Crippen molar-refractivity contribution in [1.29, 1.82) is 0 Å². The van der Waals surface area contributed by atoms with Gasteiger partial charge in [-0.3, -0.25) is 0 Å². The van der Waals surface area contributed by atoms with E-state index in [1.54, 1.807) is 6.92 Å². The molecule has 1 unspecified atom stereocenters. The molecule has 0 aliphatic carbocycles. The number of ether oxygens (including phenoxy) is 1. The van der Waals surface area contributed by atoms with E-state index in [1.807, 2.05) is 0 Å². The largest absolute Gasteiger partial charge is 0.450 e. The standard InChI is InChI=1S/C10H20NO2/c1-5-13-10(12)11-7-9(4)6-8(2)3/h8-9H,4-7H2,1-3H3,(H,11,12). The molecule has 0 rings (SSSR count). The molecule has 0 heterocycles. The van der Waals surface area contributed by atoms with E-state index in [1.165, 1.54) is 0 Å². The number of rotatable bonds is 5. The highest BCUT2D eigenvalue weighted by Gasteiger charge is 2.07. The van der Waals surface area contributed by atoms with E-state index < -0.39 is 0 Å². The maximum absolute atomic E-state index is 10.9. The van der Waals surface area contributed by atoms with E-state index in [-0.39, 0.29) is 12.0 Å². The van der Waals surface area contributed by atoms with Gasteiger partial charge in [0, 0.05) is 6.54 Å². The van der Waals surface area contributed by atoms with Crippen molar-refractivity contribution in [2.45, 2.75) is 27.2 Å². The Hall–Kier alpha value is -0.730. The minimum Gasteiger partial charge on any atom is -0.450 e. The summed E-state index contributed by atoms with van der Waals surface area (Å²) in [6, 6.07) is 0. The maximum atomic E-state index is 10.9. The fourth-order valence-corrected chi connectivity index (χ4v) is 1.16. The Morgan fingerprint density at radius 2 is 2.15 bits per heavy atom. The van der Waals surface area contributed by atoms with Crippen LogP contribution >= 0.6 is 0 Å². The summed E-state index contributed by atoms with van der Waals surface area (Å²) in [5, 5.41) is 2.67. The highest BCUT2D eigenvalue weighted by atomic mass is 16.5. The topological polar surface area (TPSA) is 38.3 Å². The third-order valence-electron chi connectivity index (χ3n) is 1.62. The molecule has 1 radical (unpaired) electrons. The van der Waals surface area contributed by atoms with Gasteiger partial charge in [-0.2, -0.15) is 0 Å². The normalized spacial score (nSPS) is 12.7. The van der Waals surface area contributed by atoms with Crippen LogP contribution in [-0.4, -0.2) is 19.2 Å². The van der Waals surface area contributed by atoms with Gasteiger partial charge in [0.15, 0.2) is 0 Å². The van der Waals surface area contributed by atoms with Crippen LogP contribution in [0.4, 0.5) is 4.79 Å². The van der Waals surface area contributed by atoms with Crippen LogP contribution in [0.5, 0.6) is 0 Å². The van der Waals surface area contributed by atoms with Crippen LogP contribution in [0.15, 0.2) is 0 Å². The third kappa shape index (κ3) is 7.62. The minimum atomic E-state index is -0.347. The molecule has 3 heteroatoms. The Morgan fingerprint density at radius 3 is 2.62 bits per heavy atom. The molecule has 3 nitrogen and oxygen atoms in total. The van der Waals surface area contributed by atoms with Crippen molar-refractivity contribution in [1.82, 2.24) is 5.32 Å². The molecule has 0 spiro atoms. The Bertz CT molecular complexity index is 146. The quantitative estimate of drug-likeness (QED) is 0.715. The van der Waals surface area contributed by atoms with Crippen molar-refractivity contribution in [3.05, 3.63) is 6.92 Å². The minimum absolute atomic E-state index is 0.268. The summed E-state index contributed by atoms with van der Waals surface area (Å²) in [4.78, 5) is 10.9. The highest BCUT2D eigenvalue weighted by molar-refractivity contribution is 5.66. The van der Waals surface area contributed by atoms with Gasteiger partial charge in [-0.1, -0.05) is 13.8 Å². The SMILES string of the molecule is [CH2]C(CNC(=O)OCC)CC(C)C. The first kappa shape index (κ1) is 12.3. The van der Waals surface area contributed by atoms with Crippen LogP contribution in [0.25, 0.3) is 0 Å². The molecular weight excluding hydrogens is 166 g/mol. The average Bonchev–Trinajstić information content (AvgIpc) is 2.00.